The lowest BCUT2D eigenvalue weighted by Gasteiger charge is -2.35. The molecule has 0 spiro atoms. The molecule has 6 heteroatoms. The predicted molar refractivity (Wildman–Crippen MR) is 87.5 cm³/mol. The van der Waals surface area contributed by atoms with Gasteiger partial charge in [-0.3, -0.25) is 14.4 Å². The summed E-state index contributed by atoms with van der Waals surface area (Å²) in [5.74, 6) is -1.88. The van der Waals surface area contributed by atoms with Gasteiger partial charge < -0.3 is 14.9 Å². The maximum atomic E-state index is 12.5. The summed E-state index contributed by atoms with van der Waals surface area (Å²) < 4.78 is 0. The summed E-state index contributed by atoms with van der Waals surface area (Å²) in [6, 6.07) is 7.62. The molecule has 2 fully saturated rings. The monoisotopic (exact) mass is 330 g/mol. The van der Waals surface area contributed by atoms with E-state index in [1.807, 2.05) is 24.3 Å². The normalized spacial score (nSPS) is 23.0. The predicted octanol–water partition coefficient (Wildman–Crippen LogP) is 1.25. The molecule has 1 aromatic rings. The molecular formula is C18H22N2O4. The first-order chi connectivity index (χ1) is 11.5. The second-order valence-corrected chi connectivity index (χ2v) is 6.45. The van der Waals surface area contributed by atoms with Crippen molar-refractivity contribution in [1.29, 1.82) is 0 Å². The van der Waals surface area contributed by atoms with Crippen LogP contribution in [0.2, 0.25) is 0 Å². The smallest absolute Gasteiger partial charge is 0.307 e. The summed E-state index contributed by atoms with van der Waals surface area (Å²) in [4.78, 5) is 39.1. The molecule has 0 radical (unpaired) electrons. The fourth-order valence-electron chi connectivity index (χ4n) is 3.17. The van der Waals surface area contributed by atoms with Gasteiger partial charge >= 0.3 is 5.97 Å². The SMILES string of the molecule is CCc1ccc(C(=O)N2CCN(C(=O)C3CC3C(=O)O)CC2)cc1. The van der Waals surface area contributed by atoms with Gasteiger partial charge in [-0.05, 0) is 30.5 Å². The van der Waals surface area contributed by atoms with E-state index in [2.05, 4.69) is 6.92 Å². The fraction of sp³-hybridized carbons (Fsp3) is 0.500. The number of rotatable bonds is 4. The quantitative estimate of drug-likeness (QED) is 0.901. The number of hydrogen-bond acceptors (Lipinski definition) is 3. The van der Waals surface area contributed by atoms with E-state index in [4.69, 9.17) is 5.11 Å². The van der Waals surface area contributed by atoms with E-state index in [0.29, 0.717) is 38.2 Å². The zero-order valence-electron chi connectivity index (χ0n) is 13.8. The van der Waals surface area contributed by atoms with Gasteiger partial charge in [0.2, 0.25) is 5.91 Å². The third-order valence-corrected chi connectivity index (χ3v) is 4.91. The molecule has 0 aromatic heterocycles. The zero-order valence-corrected chi connectivity index (χ0v) is 13.8. The molecule has 1 heterocycles. The molecule has 2 aliphatic rings. The van der Waals surface area contributed by atoms with Crippen LogP contribution >= 0.6 is 0 Å². The average molecular weight is 330 g/mol. The van der Waals surface area contributed by atoms with Crippen molar-refractivity contribution in [3.8, 4) is 0 Å². The van der Waals surface area contributed by atoms with Crippen LogP contribution in [-0.4, -0.2) is 58.9 Å². The molecule has 1 N–H and O–H groups in total. The standard InChI is InChI=1S/C18H22N2O4/c1-2-12-3-5-13(6-4-12)16(21)19-7-9-20(10-8-19)17(22)14-11-15(14)18(23)24/h3-6,14-15H,2,7-11H2,1H3,(H,23,24). The molecule has 1 saturated heterocycles. The molecular weight excluding hydrogens is 308 g/mol. The van der Waals surface area contributed by atoms with Crippen LogP contribution in [0.25, 0.3) is 0 Å². The second kappa shape index (κ2) is 6.63. The van der Waals surface area contributed by atoms with Crippen LogP contribution in [0.4, 0.5) is 0 Å². The lowest BCUT2D eigenvalue weighted by atomic mass is 10.1. The minimum Gasteiger partial charge on any atom is -0.481 e. The van der Waals surface area contributed by atoms with E-state index >= 15 is 0 Å². The summed E-state index contributed by atoms with van der Waals surface area (Å²) in [7, 11) is 0. The Hall–Kier alpha value is -2.37. The number of benzene rings is 1. The first kappa shape index (κ1) is 16.5. The Bertz CT molecular complexity index is 647. The highest BCUT2D eigenvalue weighted by molar-refractivity contribution is 5.94. The van der Waals surface area contributed by atoms with Crippen molar-refractivity contribution in [2.75, 3.05) is 26.2 Å². The highest BCUT2D eigenvalue weighted by Crippen LogP contribution is 2.40. The minimum atomic E-state index is -0.891. The van der Waals surface area contributed by atoms with Gasteiger partial charge in [-0.2, -0.15) is 0 Å². The van der Waals surface area contributed by atoms with Gasteiger partial charge in [-0.15, -0.1) is 0 Å². The molecule has 1 saturated carbocycles. The number of aryl methyl sites for hydroxylation is 1. The summed E-state index contributed by atoms with van der Waals surface area (Å²) in [6.07, 6.45) is 1.38. The minimum absolute atomic E-state index is 0.0143. The van der Waals surface area contributed by atoms with Gasteiger partial charge in [-0.25, -0.2) is 0 Å². The maximum Gasteiger partial charge on any atom is 0.307 e. The third-order valence-electron chi connectivity index (χ3n) is 4.91. The molecule has 24 heavy (non-hydrogen) atoms. The Labute approximate surface area is 141 Å². The van der Waals surface area contributed by atoms with E-state index in [9.17, 15) is 14.4 Å². The van der Waals surface area contributed by atoms with Crippen LogP contribution in [-0.2, 0) is 16.0 Å². The second-order valence-electron chi connectivity index (χ2n) is 6.45. The number of hydrogen-bond donors (Lipinski definition) is 1. The molecule has 2 amide bonds. The largest absolute Gasteiger partial charge is 0.481 e. The van der Waals surface area contributed by atoms with Crippen molar-refractivity contribution < 1.29 is 19.5 Å². The van der Waals surface area contributed by atoms with E-state index in [1.165, 1.54) is 5.56 Å². The first-order valence-electron chi connectivity index (χ1n) is 8.41. The van der Waals surface area contributed by atoms with E-state index in [1.54, 1.807) is 9.80 Å². The summed E-state index contributed by atoms with van der Waals surface area (Å²) >= 11 is 0. The number of carbonyl (C=O) groups is 3. The van der Waals surface area contributed by atoms with Crippen LogP contribution in [0.5, 0.6) is 0 Å². The third kappa shape index (κ3) is 3.27. The van der Waals surface area contributed by atoms with E-state index in [-0.39, 0.29) is 17.7 Å². The van der Waals surface area contributed by atoms with Crippen LogP contribution < -0.4 is 0 Å². The van der Waals surface area contributed by atoms with Crippen LogP contribution in [0.3, 0.4) is 0 Å². The van der Waals surface area contributed by atoms with Crippen LogP contribution in [0.15, 0.2) is 24.3 Å². The number of nitrogens with zero attached hydrogens (tertiary/aromatic N) is 2. The Kier molecular flexibility index (Phi) is 4.55. The molecule has 6 nitrogen and oxygen atoms in total. The summed E-state index contributed by atoms with van der Waals surface area (Å²) in [5, 5.41) is 8.93. The molecule has 1 aliphatic carbocycles. The zero-order chi connectivity index (χ0) is 17.3. The van der Waals surface area contributed by atoms with Crippen molar-refractivity contribution >= 4 is 17.8 Å². The number of aliphatic carboxylic acids is 1. The highest BCUT2D eigenvalue weighted by Gasteiger charge is 2.50. The first-order valence-corrected chi connectivity index (χ1v) is 8.41. The molecule has 1 aliphatic heterocycles. The topological polar surface area (TPSA) is 77.9 Å². The molecule has 3 rings (SSSR count). The number of carboxylic acids is 1. The summed E-state index contributed by atoms with van der Waals surface area (Å²) in [6.45, 7) is 4.00. The summed E-state index contributed by atoms with van der Waals surface area (Å²) in [5.41, 5.74) is 1.86. The molecule has 2 atom stereocenters. The Morgan fingerprint density at radius 1 is 1.00 bits per heavy atom. The van der Waals surface area contributed by atoms with Gasteiger partial charge in [-0.1, -0.05) is 19.1 Å². The number of piperazine rings is 1. The van der Waals surface area contributed by atoms with Gasteiger partial charge in [0.1, 0.15) is 0 Å². The Balaban J connectivity index is 1.54. The molecule has 0 bridgehead atoms. The number of carboxylic acid groups (broad SMARTS) is 1. The van der Waals surface area contributed by atoms with Crippen molar-refractivity contribution in [3.63, 3.8) is 0 Å². The van der Waals surface area contributed by atoms with Crippen LogP contribution in [0, 0.1) is 11.8 Å². The van der Waals surface area contributed by atoms with Gasteiger partial charge in [0, 0.05) is 31.7 Å². The number of carbonyl (C=O) groups excluding carboxylic acids is 2. The van der Waals surface area contributed by atoms with Gasteiger partial charge in [0.25, 0.3) is 5.91 Å². The lowest BCUT2D eigenvalue weighted by Crippen LogP contribution is -2.51. The van der Waals surface area contributed by atoms with Gasteiger partial charge in [0.05, 0.1) is 11.8 Å². The van der Waals surface area contributed by atoms with E-state index < -0.39 is 11.9 Å². The molecule has 128 valence electrons. The number of amides is 2. The maximum absolute atomic E-state index is 12.5. The average Bonchev–Trinajstić information content (AvgIpc) is 3.42. The van der Waals surface area contributed by atoms with Gasteiger partial charge in [0.15, 0.2) is 0 Å². The Morgan fingerprint density at radius 3 is 2.08 bits per heavy atom. The molecule has 2 unspecified atom stereocenters. The van der Waals surface area contributed by atoms with Crippen molar-refractivity contribution in [2.45, 2.75) is 19.8 Å². The molecule has 1 aromatic carbocycles. The van der Waals surface area contributed by atoms with E-state index in [0.717, 1.165) is 6.42 Å². The van der Waals surface area contributed by atoms with Crippen LogP contribution in [0.1, 0.15) is 29.3 Å². The van der Waals surface area contributed by atoms with Crippen molar-refractivity contribution in [1.82, 2.24) is 9.80 Å². The Morgan fingerprint density at radius 2 is 1.58 bits per heavy atom. The van der Waals surface area contributed by atoms with Crippen molar-refractivity contribution in [2.24, 2.45) is 11.8 Å². The lowest BCUT2D eigenvalue weighted by molar-refractivity contribution is -0.142. The van der Waals surface area contributed by atoms with Crippen molar-refractivity contribution in [3.05, 3.63) is 35.4 Å². The fourth-order valence-corrected chi connectivity index (χ4v) is 3.17. The highest BCUT2D eigenvalue weighted by atomic mass is 16.4.